The third-order valence-corrected chi connectivity index (χ3v) is 3.00. The van der Waals surface area contributed by atoms with E-state index >= 15 is 0 Å². The van der Waals surface area contributed by atoms with Gasteiger partial charge in [-0.15, -0.1) is 0 Å². The summed E-state index contributed by atoms with van der Waals surface area (Å²) < 4.78 is 14.4. The van der Waals surface area contributed by atoms with E-state index in [0.717, 1.165) is 12.8 Å². The summed E-state index contributed by atoms with van der Waals surface area (Å²) in [5.74, 6) is 0. The van der Waals surface area contributed by atoms with E-state index in [4.69, 9.17) is 5.73 Å². The zero-order chi connectivity index (χ0) is 10.0. The molecule has 2 nitrogen and oxygen atoms in total. The van der Waals surface area contributed by atoms with Crippen LogP contribution in [0.1, 0.15) is 31.2 Å². The molecular weight excluding hydrogens is 179 g/mol. The van der Waals surface area contributed by atoms with Gasteiger partial charge in [-0.25, -0.2) is 4.39 Å². The van der Waals surface area contributed by atoms with Crippen LogP contribution in [0.4, 0.5) is 4.39 Å². The maximum atomic E-state index is 14.4. The van der Waals surface area contributed by atoms with Crippen LogP contribution in [0.15, 0.2) is 24.5 Å². The highest BCUT2D eigenvalue weighted by Gasteiger charge is 2.35. The molecule has 76 valence electrons. The third-order valence-electron chi connectivity index (χ3n) is 3.00. The molecule has 2 rings (SSSR count). The number of hydrogen-bond acceptors (Lipinski definition) is 2. The molecule has 1 heterocycles. The summed E-state index contributed by atoms with van der Waals surface area (Å²) in [4.78, 5) is 3.95. The van der Waals surface area contributed by atoms with Crippen LogP contribution in [0.3, 0.4) is 0 Å². The monoisotopic (exact) mass is 194 g/mol. The fraction of sp³-hybridized carbons (Fsp3) is 0.545. The average molecular weight is 194 g/mol. The van der Waals surface area contributed by atoms with Crippen LogP contribution < -0.4 is 5.73 Å². The van der Waals surface area contributed by atoms with Crippen molar-refractivity contribution in [1.29, 1.82) is 0 Å². The van der Waals surface area contributed by atoms with Gasteiger partial charge in [-0.3, -0.25) is 4.98 Å². The molecule has 0 bridgehead atoms. The van der Waals surface area contributed by atoms with Crippen LogP contribution in [-0.4, -0.2) is 11.0 Å². The minimum absolute atomic E-state index is 0.176. The molecule has 0 spiro atoms. The highest BCUT2D eigenvalue weighted by molar-refractivity contribution is 5.19. The Morgan fingerprint density at radius 1 is 1.43 bits per heavy atom. The second-order valence-electron chi connectivity index (χ2n) is 4.04. The maximum Gasteiger partial charge on any atom is 0.137 e. The highest BCUT2D eigenvalue weighted by atomic mass is 19.1. The van der Waals surface area contributed by atoms with Crippen molar-refractivity contribution < 1.29 is 4.39 Å². The lowest BCUT2D eigenvalue weighted by atomic mass is 9.80. The van der Waals surface area contributed by atoms with Gasteiger partial charge >= 0.3 is 0 Å². The summed E-state index contributed by atoms with van der Waals surface area (Å²) in [6.45, 7) is 0. The number of nitrogens with two attached hydrogens (primary N) is 1. The van der Waals surface area contributed by atoms with E-state index < -0.39 is 5.67 Å². The number of hydrogen-bond donors (Lipinski definition) is 1. The fourth-order valence-corrected chi connectivity index (χ4v) is 2.01. The van der Waals surface area contributed by atoms with Gasteiger partial charge in [-0.1, -0.05) is 6.07 Å². The van der Waals surface area contributed by atoms with Crippen LogP contribution in [0.25, 0.3) is 0 Å². The van der Waals surface area contributed by atoms with E-state index in [9.17, 15) is 4.39 Å². The van der Waals surface area contributed by atoms with Gasteiger partial charge in [0.2, 0.25) is 0 Å². The first-order chi connectivity index (χ1) is 6.71. The molecule has 0 saturated heterocycles. The van der Waals surface area contributed by atoms with Crippen LogP contribution in [0, 0.1) is 0 Å². The Labute approximate surface area is 83.3 Å². The van der Waals surface area contributed by atoms with Crippen molar-refractivity contribution in [3.63, 3.8) is 0 Å². The van der Waals surface area contributed by atoms with Crippen molar-refractivity contribution in [1.82, 2.24) is 4.98 Å². The number of halogens is 1. The van der Waals surface area contributed by atoms with Gasteiger partial charge in [0.15, 0.2) is 0 Å². The van der Waals surface area contributed by atoms with Gasteiger partial charge in [0.05, 0.1) is 0 Å². The first kappa shape index (κ1) is 9.59. The lowest BCUT2D eigenvalue weighted by molar-refractivity contribution is 0.0975. The van der Waals surface area contributed by atoms with Crippen LogP contribution in [0.2, 0.25) is 0 Å². The van der Waals surface area contributed by atoms with E-state index in [0.29, 0.717) is 18.4 Å². The molecule has 3 heteroatoms. The van der Waals surface area contributed by atoms with Gasteiger partial charge in [-0.2, -0.15) is 0 Å². The molecule has 0 atom stereocenters. The van der Waals surface area contributed by atoms with E-state index in [-0.39, 0.29) is 6.04 Å². The molecule has 1 aromatic heterocycles. The van der Waals surface area contributed by atoms with Crippen molar-refractivity contribution in [2.24, 2.45) is 5.73 Å². The van der Waals surface area contributed by atoms with Crippen molar-refractivity contribution in [2.45, 2.75) is 37.4 Å². The summed E-state index contributed by atoms with van der Waals surface area (Å²) in [5.41, 5.74) is 5.26. The molecule has 1 saturated carbocycles. The summed E-state index contributed by atoms with van der Waals surface area (Å²) in [7, 11) is 0. The van der Waals surface area contributed by atoms with Crippen molar-refractivity contribution in [3.8, 4) is 0 Å². The fourth-order valence-electron chi connectivity index (χ4n) is 2.01. The predicted octanol–water partition coefficient (Wildman–Crippen LogP) is 2.15. The maximum absolute atomic E-state index is 14.4. The molecule has 14 heavy (non-hydrogen) atoms. The largest absolute Gasteiger partial charge is 0.328 e. The first-order valence-electron chi connectivity index (χ1n) is 5.06. The summed E-state index contributed by atoms with van der Waals surface area (Å²) in [6, 6.07) is 3.77. The second kappa shape index (κ2) is 3.65. The number of rotatable bonds is 1. The van der Waals surface area contributed by atoms with Crippen molar-refractivity contribution >= 4 is 0 Å². The molecule has 1 aliphatic carbocycles. The Kier molecular flexibility index (Phi) is 2.50. The molecule has 0 radical (unpaired) electrons. The van der Waals surface area contributed by atoms with E-state index in [1.807, 2.05) is 6.07 Å². The molecular formula is C11H15FN2. The second-order valence-corrected chi connectivity index (χ2v) is 4.04. The van der Waals surface area contributed by atoms with Gasteiger partial charge in [0, 0.05) is 24.0 Å². The number of pyridine rings is 1. The molecule has 0 aliphatic heterocycles. The van der Waals surface area contributed by atoms with Crippen molar-refractivity contribution in [2.75, 3.05) is 0 Å². The van der Waals surface area contributed by atoms with Gasteiger partial charge in [-0.05, 0) is 31.7 Å². The molecule has 0 unspecified atom stereocenters. The number of nitrogens with zero attached hydrogens (tertiary/aromatic N) is 1. The molecule has 2 N–H and O–H groups in total. The zero-order valence-corrected chi connectivity index (χ0v) is 8.12. The Bertz CT molecular complexity index is 291. The zero-order valence-electron chi connectivity index (χ0n) is 8.12. The third kappa shape index (κ3) is 1.77. The summed E-state index contributed by atoms with van der Waals surface area (Å²) in [6.07, 6.45) is 5.88. The Morgan fingerprint density at radius 2 is 2.14 bits per heavy atom. The lowest BCUT2D eigenvalue weighted by Crippen LogP contribution is -2.33. The Morgan fingerprint density at radius 3 is 2.71 bits per heavy atom. The van der Waals surface area contributed by atoms with Crippen LogP contribution >= 0.6 is 0 Å². The smallest absolute Gasteiger partial charge is 0.137 e. The van der Waals surface area contributed by atoms with E-state index in [1.165, 1.54) is 0 Å². The summed E-state index contributed by atoms with van der Waals surface area (Å²) in [5, 5.41) is 0. The number of alkyl halides is 1. The van der Waals surface area contributed by atoms with Crippen LogP contribution in [0.5, 0.6) is 0 Å². The van der Waals surface area contributed by atoms with E-state index in [1.54, 1.807) is 18.5 Å². The van der Waals surface area contributed by atoms with E-state index in [2.05, 4.69) is 4.98 Å². The van der Waals surface area contributed by atoms with Crippen molar-refractivity contribution in [3.05, 3.63) is 30.1 Å². The summed E-state index contributed by atoms with van der Waals surface area (Å²) >= 11 is 0. The van der Waals surface area contributed by atoms with Gasteiger partial charge in [0.25, 0.3) is 0 Å². The molecule has 1 fully saturated rings. The Balaban J connectivity index is 2.17. The minimum atomic E-state index is -1.19. The Hall–Kier alpha value is -0.960. The predicted molar refractivity (Wildman–Crippen MR) is 53.5 cm³/mol. The molecule has 1 aliphatic rings. The van der Waals surface area contributed by atoms with Crippen LogP contribution in [-0.2, 0) is 5.67 Å². The first-order valence-corrected chi connectivity index (χ1v) is 5.06. The normalized spacial score (nSPS) is 32.9. The topological polar surface area (TPSA) is 38.9 Å². The molecule has 1 aromatic rings. The highest BCUT2D eigenvalue weighted by Crippen LogP contribution is 2.39. The minimum Gasteiger partial charge on any atom is -0.328 e. The van der Waals surface area contributed by atoms with Gasteiger partial charge < -0.3 is 5.73 Å². The number of aromatic nitrogens is 1. The standard InChI is InChI=1S/C11H15FN2/c12-11(5-3-10(13)4-6-11)9-2-1-7-14-8-9/h1-2,7-8,10H,3-6,13H2. The molecule has 0 aromatic carbocycles. The average Bonchev–Trinajstić information content (AvgIpc) is 2.24. The SMILES string of the molecule is NC1CCC(F)(c2cccnc2)CC1. The quantitative estimate of drug-likeness (QED) is 0.744. The molecule has 0 amide bonds. The lowest BCUT2D eigenvalue weighted by Gasteiger charge is -2.32. The van der Waals surface area contributed by atoms with Gasteiger partial charge in [0.1, 0.15) is 5.67 Å².